The van der Waals surface area contributed by atoms with Gasteiger partial charge in [0.1, 0.15) is 6.10 Å². The third kappa shape index (κ3) is 4.89. The van der Waals surface area contributed by atoms with Gasteiger partial charge in [0, 0.05) is 19.4 Å². The van der Waals surface area contributed by atoms with Crippen molar-refractivity contribution in [2.24, 2.45) is 11.8 Å². The van der Waals surface area contributed by atoms with Gasteiger partial charge in [-0.05, 0) is 49.2 Å². The van der Waals surface area contributed by atoms with E-state index in [1.807, 2.05) is 0 Å². The maximum Gasteiger partial charge on any atom is 0.191 e. The summed E-state index contributed by atoms with van der Waals surface area (Å²) in [5, 5.41) is 0.246. The van der Waals surface area contributed by atoms with Crippen molar-refractivity contribution in [3.05, 3.63) is 0 Å². The lowest BCUT2D eigenvalue weighted by Crippen LogP contribution is -2.52. The molecule has 0 aromatic carbocycles. The fraction of sp³-hybridized carbons (Fsp3) is 0.905. The quantitative estimate of drug-likeness (QED) is 0.495. The van der Waals surface area contributed by atoms with Crippen molar-refractivity contribution in [3.63, 3.8) is 0 Å². The molecule has 1 spiro atoms. The first-order valence-electron chi connectivity index (χ1n) is 9.95. The molecule has 2 heterocycles. The lowest BCUT2D eigenvalue weighted by molar-refractivity contribution is -0.323. The van der Waals surface area contributed by atoms with Gasteiger partial charge in [-0.3, -0.25) is 0 Å². The molecule has 2 aliphatic rings. The zero-order valence-corrected chi connectivity index (χ0v) is 18.4. The van der Waals surface area contributed by atoms with Crippen LogP contribution >= 0.6 is 0 Å². The second kappa shape index (κ2) is 7.72. The molecule has 0 amide bonds. The Morgan fingerprint density at radius 1 is 1.12 bits per heavy atom. The molecule has 144 valence electrons. The van der Waals surface area contributed by atoms with Crippen molar-refractivity contribution < 1.29 is 13.9 Å². The van der Waals surface area contributed by atoms with Gasteiger partial charge in [0.2, 0.25) is 0 Å². The number of hydrogen-bond acceptors (Lipinski definition) is 3. The molecule has 0 aromatic heterocycles. The topological polar surface area (TPSA) is 27.7 Å². The molecule has 25 heavy (non-hydrogen) atoms. The van der Waals surface area contributed by atoms with E-state index in [4.69, 9.17) is 20.3 Å². The molecule has 0 unspecified atom stereocenters. The Morgan fingerprint density at radius 2 is 1.72 bits per heavy atom. The zero-order valence-electron chi connectivity index (χ0n) is 17.4. The van der Waals surface area contributed by atoms with Gasteiger partial charge in [-0.15, -0.1) is 6.42 Å². The molecule has 2 rings (SSSR count). The van der Waals surface area contributed by atoms with Gasteiger partial charge in [-0.25, -0.2) is 0 Å². The predicted molar refractivity (Wildman–Crippen MR) is 106 cm³/mol. The molecule has 2 aliphatic heterocycles. The highest BCUT2D eigenvalue weighted by Crippen LogP contribution is 2.43. The Kier molecular flexibility index (Phi) is 6.47. The summed E-state index contributed by atoms with van der Waals surface area (Å²) in [6, 6.07) is 0. The second-order valence-corrected chi connectivity index (χ2v) is 14.5. The van der Waals surface area contributed by atoms with Gasteiger partial charge in [0.25, 0.3) is 0 Å². The normalized spacial score (nSPS) is 37.0. The minimum atomic E-state index is -1.70. The lowest BCUT2D eigenvalue weighted by Gasteiger charge is -2.48. The molecular weight excluding hydrogens is 328 g/mol. The largest absolute Gasteiger partial charge is 0.417 e. The number of rotatable bonds is 4. The molecule has 0 aromatic rings. The molecule has 4 heteroatoms. The van der Waals surface area contributed by atoms with Crippen LogP contribution in [0.3, 0.4) is 0 Å². The molecule has 2 saturated heterocycles. The van der Waals surface area contributed by atoms with E-state index < -0.39 is 14.1 Å². The summed E-state index contributed by atoms with van der Waals surface area (Å²) >= 11 is 0. The summed E-state index contributed by atoms with van der Waals surface area (Å²) in [7, 11) is -1.70. The maximum atomic E-state index is 6.53. The maximum absolute atomic E-state index is 6.53. The van der Waals surface area contributed by atoms with Crippen molar-refractivity contribution >= 4 is 8.32 Å². The first-order chi connectivity index (χ1) is 11.5. The van der Waals surface area contributed by atoms with Crippen molar-refractivity contribution in [2.45, 2.75) is 103 Å². The number of ether oxygens (including phenoxy) is 2. The summed E-state index contributed by atoms with van der Waals surface area (Å²) in [6.07, 6.45) is 10.8. The van der Waals surface area contributed by atoms with Crippen LogP contribution in [0.15, 0.2) is 0 Å². The van der Waals surface area contributed by atoms with E-state index in [1.165, 1.54) is 0 Å². The molecule has 3 nitrogen and oxygen atoms in total. The van der Waals surface area contributed by atoms with Gasteiger partial charge < -0.3 is 13.9 Å². The SMILES string of the molecule is C#C[C@@H]1O[C@]2(CC[C@@H]1C)CC[C@H](C)[C@@H](CCO[Si](C)(C)C(C)(C)C)O2. The van der Waals surface area contributed by atoms with Crippen molar-refractivity contribution in [3.8, 4) is 12.3 Å². The van der Waals surface area contributed by atoms with Crippen LogP contribution in [-0.2, 0) is 13.9 Å². The lowest BCUT2D eigenvalue weighted by atomic mass is 9.84. The van der Waals surface area contributed by atoms with Crippen LogP contribution in [0.1, 0.15) is 66.7 Å². The Bertz CT molecular complexity index is 486. The zero-order chi connectivity index (χ0) is 18.9. The number of terminal acetylenes is 1. The summed E-state index contributed by atoms with van der Waals surface area (Å²) < 4.78 is 19.2. The van der Waals surface area contributed by atoms with E-state index >= 15 is 0 Å². The van der Waals surface area contributed by atoms with Crippen LogP contribution < -0.4 is 0 Å². The molecule has 0 bridgehead atoms. The van der Waals surface area contributed by atoms with Crippen LogP contribution in [0.25, 0.3) is 0 Å². The van der Waals surface area contributed by atoms with Crippen LogP contribution in [-0.4, -0.2) is 32.9 Å². The highest BCUT2D eigenvalue weighted by atomic mass is 28.4. The summed E-state index contributed by atoms with van der Waals surface area (Å²) in [4.78, 5) is 0. The van der Waals surface area contributed by atoms with Crippen molar-refractivity contribution in [1.29, 1.82) is 0 Å². The predicted octanol–water partition coefficient (Wildman–Crippen LogP) is 5.36. The van der Waals surface area contributed by atoms with E-state index in [-0.39, 0.29) is 17.2 Å². The van der Waals surface area contributed by atoms with Gasteiger partial charge in [-0.1, -0.05) is 40.5 Å². The van der Waals surface area contributed by atoms with Crippen LogP contribution in [0, 0.1) is 24.2 Å². The summed E-state index contributed by atoms with van der Waals surface area (Å²) in [5.74, 6) is 3.31. The van der Waals surface area contributed by atoms with Gasteiger partial charge in [-0.2, -0.15) is 0 Å². The Labute approximate surface area is 156 Å². The highest BCUT2D eigenvalue weighted by Gasteiger charge is 2.46. The monoisotopic (exact) mass is 366 g/mol. The van der Waals surface area contributed by atoms with E-state index in [9.17, 15) is 0 Å². The molecule has 0 saturated carbocycles. The van der Waals surface area contributed by atoms with Crippen LogP contribution in [0.2, 0.25) is 18.1 Å². The molecule has 0 N–H and O–H groups in total. The standard InChI is InChI=1S/C21H38O3Si/c1-9-18-16(2)10-13-21(23-18)14-11-17(3)19(24-21)12-15-22-25(7,8)20(4,5)6/h1,16-19H,10-15H2,2-8H3/t16-,17-,18-,19+,21-/m0/s1. The minimum absolute atomic E-state index is 0.119. The molecule has 0 aliphatic carbocycles. The third-order valence-electron chi connectivity index (χ3n) is 6.66. The fourth-order valence-corrected chi connectivity index (χ4v) is 4.61. The molecule has 5 atom stereocenters. The third-order valence-corrected chi connectivity index (χ3v) is 11.2. The Balaban J connectivity index is 1.94. The highest BCUT2D eigenvalue weighted by molar-refractivity contribution is 6.74. The fourth-order valence-electron chi connectivity index (χ4n) is 3.55. The van der Waals surface area contributed by atoms with Crippen molar-refractivity contribution in [2.75, 3.05) is 6.61 Å². The second-order valence-electron chi connectivity index (χ2n) is 9.70. The first-order valence-corrected chi connectivity index (χ1v) is 12.9. The smallest absolute Gasteiger partial charge is 0.191 e. The summed E-state index contributed by atoms with van der Waals surface area (Å²) in [5.41, 5.74) is 0. The molecular formula is C21H38O3Si. The van der Waals surface area contributed by atoms with E-state index in [0.29, 0.717) is 11.8 Å². The van der Waals surface area contributed by atoms with Crippen molar-refractivity contribution in [1.82, 2.24) is 0 Å². The Hall–Kier alpha value is -0.343. The number of hydrogen-bond donors (Lipinski definition) is 0. The average Bonchev–Trinajstić information content (AvgIpc) is 2.52. The van der Waals surface area contributed by atoms with E-state index in [2.05, 4.69) is 53.6 Å². The summed E-state index contributed by atoms with van der Waals surface area (Å²) in [6.45, 7) is 16.7. The van der Waals surface area contributed by atoms with Crippen LogP contribution in [0.5, 0.6) is 0 Å². The minimum Gasteiger partial charge on any atom is -0.417 e. The van der Waals surface area contributed by atoms with Gasteiger partial charge in [0.15, 0.2) is 14.1 Å². The Morgan fingerprint density at radius 3 is 2.28 bits per heavy atom. The van der Waals surface area contributed by atoms with Gasteiger partial charge in [0.05, 0.1) is 6.10 Å². The van der Waals surface area contributed by atoms with Crippen LogP contribution in [0.4, 0.5) is 0 Å². The van der Waals surface area contributed by atoms with E-state index in [1.54, 1.807) is 0 Å². The molecule has 2 fully saturated rings. The average molecular weight is 367 g/mol. The van der Waals surface area contributed by atoms with Gasteiger partial charge >= 0.3 is 0 Å². The van der Waals surface area contributed by atoms with E-state index in [0.717, 1.165) is 38.7 Å². The molecule has 0 radical (unpaired) electrons. The first kappa shape index (κ1) is 21.0.